The van der Waals surface area contributed by atoms with E-state index in [1.165, 1.54) is 35.1 Å². The molecule has 2 N–H and O–H groups in total. The summed E-state index contributed by atoms with van der Waals surface area (Å²) in [5.74, 6) is -3.38. The number of anilines is 2. The van der Waals surface area contributed by atoms with Crippen LogP contribution >= 0.6 is 12.1 Å². The van der Waals surface area contributed by atoms with E-state index in [0.29, 0.717) is 31.7 Å². The molecule has 2 saturated heterocycles. The number of benzene rings is 2. The molecule has 2 aromatic heterocycles. The lowest BCUT2D eigenvalue weighted by Gasteiger charge is -2.29. The van der Waals surface area contributed by atoms with E-state index in [-0.39, 0.29) is 33.9 Å². The van der Waals surface area contributed by atoms with E-state index < -0.39 is 23.3 Å². The molecule has 0 saturated carbocycles. The second-order valence-corrected chi connectivity index (χ2v) is 10.6. The van der Waals surface area contributed by atoms with Gasteiger partial charge in [-0.1, -0.05) is 0 Å². The molecule has 2 aliphatic heterocycles. The lowest BCUT2D eigenvalue weighted by molar-refractivity contribution is 0.493. The molecule has 0 amide bonds. The molecule has 0 unspecified atom stereocenters. The summed E-state index contributed by atoms with van der Waals surface area (Å²) in [4.78, 5) is 5.81. The van der Waals surface area contributed by atoms with E-state index in [1.807, 2.05) is 4.31 Å². The van der Waals surface area contributed by atoms with Gasteiger partial charge >= 0.3 is 0 Å². The average Bonchev–Trinajstić information content (AvgIpc) is 3.66. The molecule has 12 heteroatoms. The van der Waals surface area contributed by atoms with Crippen LogP contribution < -0.4 is 14.9 Å². The van der Waals surface area contributed by atoms with E-state index in [1.54, 1.807) is 29.4 Å². The zero-order valence-corrected chi connectivity index (χ0v) is 22.3. The Kier molecular flexibility index (Phi) is 7.63. The number of halogens is 4. The highest BCUT2D eigenvalue weighted by molar-refractivity contribution is 7.98. The third-order valence-electron chi connectivity index (χ3n) is 7.09. The van der Waals surface area contributed by atoms with Crippen LogP contribution in [-0.4, -0.2) is 58.3 Å². The van der Waals surface area contributed by atoms with Crippen LogP contribution in [0.3, 0.4) is 0 Å². The first-order valence-electron chi connectivity index (χ1n) is 13.1. The average molecular weight is 570 g/mol. The molecule has 4 aromatic rings. The number of rotatable bonds is 7. The number of nitrogens with zero attached hydrogens (tertiary/aromatic N) is 5. The van der Waals surface area contributed by atoms with Crippen LogP contribution in [0.1, 0.15) is 12.8 Å². The van der Waals surface area contributed by atoms with Crippen LogP contribution in [0.25, 0.3) is 28.1 Å². The zero-order valence-electron chi connectivity index (χ0n) is 21.5. The fourth-order valence-corrected chi connectivity index (χ4v) is 5.84. The number of hydrogen-bond donors (Lipinski definition) is 2. The highest BCUT2D eigenvalue weighted by atomic mass is 32.2. The van der Waals surface area contributed by atoms with Gasteiger partial charge in [0.05, 0.1) is 11.4 Å². The van der Waals surface area contributed by atoms with Crippen LogP contribution in [0.5, 0.6) is 0 Å². The quantitative estimate of drug-likeness (QED) is 0.221. The van der Waals surface area contributed by atoms with Crippen molar-refractivity contribution in [3.8, 4) is 28.1 Å². The van der Waals surface area contributed by atoms with E-state index >= 15 is 13.2 Å². The van der Waals surface area contributed by atoms with E-state index in [2.05, 4.69) is 20.1 Å². The summed E-state index contributed by atoms with van der Waals surface area (Å²) in [5.41, 5.74) is 1.02. The van der Waals surface area contributed by atoms with Crippen LogP contribution in [-0.2, 0) is 0 Å². The first-order chi connectivity index (χ1) is 19.5. The molecule has 2 fully saturated rings. The molecule has 7 nitrogen and oxygen atoms in total. The largest absolute Gasteiger partial charge is 0.367 e. The lowest BCUT2D eigenvalue weighted by atomic mass is 10.0. The van der Waals surface area contributed by atoms with Gasteiger partial charge in [0.25, 0.3) is 0 Å². The summed E-state index contributed by atoms with van der Waals surface area (Å²) in [6.45, 7) is 4.17. The Morgan fingerprint density at radius 3 is 2.25 bits per heavy atom. The van der Waals surface area contributed by atoms with Crippen molar-refractivity contribution < 1.29 is 17.6 Å². The molecule has 0 radical (unpaired) electrons. The van der Waals surface area contributed by atoms with Gasteiger partial charge in [0, 0.05) is 92.7 Å². The van der Waals surface area contributed by atoms with E-state index in [9.17, 15) is 4.39 Å². The summed E-state index contributed by atoms with van der Waals surface area (Å²) in [5, 5.41) is 7.70. The molecule has 40 heavy (non-hydrogen) atoms. The van der Waals surface area contributed by atoms with Gasteiger partial charge in [0.1, 0.15) is 17.2 Å². The van der Waals surface area contributed by atoms with Crippen molar-refractivity contribution in [1.29, 1.82) is 0 Å². The van der Waals surface area contributed by atoms with E-state index in [4.69, 9.17) is 0 Å². The van der Waals surface area contributed by atoms with Gasteiger partial charge < -0.3 is 14.9 Å². The van der Waals surface area contributed by atoms with Gasteiger partial charge in [0.15, 0.2) is 17.5 Å². The minimum atomic E-state index is -1.07. The molecule has 2 aliphatic rings. The lowest BCUT2D eigenvalue weighted by Crippen LogP contribution is -2.44. The molecule has 6 rings (SSSR count). The van der Waals surface area contributed by atoms with Crippen LogP contribution in [0.4, 0.5) is 28.9 Å². The van der Waals surface area contributed by atoms with Crippen LogP contribution in [0.15, 0.2) is 55.0 Å². The molecule has 0 atom stereocenters. The van der Waals surface area contributed by atoms with Gasteiger partial charge in [-0.05, 0) is 43.2 Å². The monoisotopic (exact) mass is 569 g/mol. The van der Waals surface area contributed by atoms with Crippen molar-refractivity contribution in [2.75, 3.05) is 48.9 Å². The molecule has 0 spiro atoms. The van der Waals surface area contributed by atoms with Crippen LogP contribution in [0, 0.1) is 23.3 Å². The van der Waals surface area contributed by atoms with Gasteiger partial charge in [0.2, 0.25) is 0 Å². The van der Waals surface area contributed by atoms with Crippen LogP contribution in [0.2, 0.25) is 0 Å². The Labute approximate surface area is 233 Å². The SMILES string of the molecule is Fc1cc(NSN2CCCC2)c(F)c(-c2cn(-c3ccc(N4CCNCC4)c(F)c3F)nc2-c2ccncc2)c1. The predicted octanol–water partition coefficient (Wildman–Crippen LogP) is 5.64. The van der Waals surface area contributed by atoms with Gasteiger partial charge in [-0.25, -0.2) is 26.5 Å². The topological polar surface area (TPSA) is 61.2 Å². The minimum Gasteiger partial charge on any atom is -0.367 e. The second kappa shape index (κ2) is 11.5. The van der Waals surface area contributed by atoms with Crippen molar-refractivity contribution >= 4 is 23.5 Å². The van der Waals surface area contributed by atoms with Crippen molar-refractivity contribution in [2.45, 2.75) is 12.8 Å². The first-order valence-corrected chi connectivity index (χ1v) is 13.9. The third kappa shape index (κ3) is 5.26. The third-order valence-corrected chi connectivity index (χ3v) is 8.03. The zero-order chi connectivity index (χ0) is 27.6. The van der Waals surface area contributed by atoms with Gasteiger partial charge in [-0.2, -0.15) is 5.10 Å². The number of aromatic nitrogens is 3. The summed E-state index contributed by atoms with van der Waals surface area (Å²) in [7, 11) is 0. The predicted molar refractivity (Wildman–Crippen MR) is 149 cm³/mol. The first kappa shape index (κ1) is 26.6. The maximum atomic E-state index is 15.9. The molecule has 0 aliphatic carbocycles. The number of hydrogen-bond acceptors (Lipinski definition) is 7. The second-order valence-electron chi connectivity index (χ2n) is 9.69. The van der Waals surface area contributed by atoms with Gasteiger partial charge in [-0.15, -0.1) is 0 Å². The molecule has 208 valence electrons. The molecule has 2 aromatic carbocycles. The van der Waals surface area contributed by atoms with Crippen molar-refractivity contribution in [3.05, 3.63) is 78.3 Å². The number of nitrogens with one attached hydrogen (secondary N) is 2. The maximum absolute atomic E-state index is 15.9. The highest BCUT2D eigenvalue weighted by Gasteiger charge is 2.25. The number of piperazine rings is 1. The fourth-order valence-electron chi connectivity index (χ4n) is 5.03. The minimum absolute atomic E-state index is 0.0158. The Morgan fingerprint density at radius 2 is 1.50 bits per heavy atom. The Morgan fingerprint density at radius 1 is 0.800 bits per heavy atom. The maximum Gasteiger partial charge on any atom is 0.186 e. The molecular weight excluding hydrogens is 542 g/mol. The van der Waals surface area contributed by atoms with Crippen molar-refractivity contribution in [2.24, 2.45) is 0 Å². The highest BCUT2D eigenvalue weighted by Crippen LogP contribution is 2.38. The normalized spacial score (nSPS) is 16.1. The molecule has 4 heterocycles. The van der Waals surface area contributed by atoms with Crippen molar-refractivity contribution in [3.63, 3.8) is 0 Å². The van der Waals surface area contributed by atoms with E-state index in [0.717, 1.165) is 38.1 Å². The Hall–Kier alpha value is -3.61. The summed E-state index contributed by atoms with van der Waals surface area (Å²) in [6.07, 6.45) is 6.58. The van der Waals surface area contributed by atoms with Crippen molar-refractivity contribution in [1.82, 2.24) is 24.4 Å². The Balaban J connectivity index is 1.42. The van der Waals surface area contributed by atoms with Gasteiger partial charge in [-0.3, -0.25) is 4.98 Å². The summed E-state index contributed by atoms with van der Waals surface area (Å²) in [6, 6.07) is 8.48. The summed E-state index contributed by atoms with van der Waals surface area (Å²) >= 11 is 1.23. The smallest absolute Gasteiger partial charge is 0.186 e. The molecule has 0 bridgehead atoms. The fraction of sp³-hybridized carbons (Fsp3) is 0.286. The Bertz CT molecular complexity index is 1500. The number of pyridine rings is 1. The molecular formula is C28H27F4N7S. The summed E-state index contributed by atoms with van der Waals surface area (Å²) < 4.78 is 67.5. The standard InChI is InChI=1S/C28H27F4N7S/c29-19-15-20(25(30)22(16-19)36-40-38-11-1-2-12-38)21-17-39(35-28(21)18-5-7-33-8-6-18)24-4-3-23(26(31)27(24)32)37-13-9-34-10-14-37/h3-8,15-17,34,36H,1-2,9-14H2.